The zero-order valence-electron chi connectivity index (χ0n) is 15.9. The highest BCUT2D eigenvalue weighted by molar-refractivity contribution is 6.01. The van der Waals surface area contributed by atoms with Gasteiger partial charge < -0.3 is 4.42 Å². The first-order valence-corrected chi connectivity index (χ1v) is 9.11. The number of carbonyl (C=O) groups excluding carboxylic acids is 2. The van der Waals surface area contributed by atoms with E-state index in [1.54, 1.807) is 12.3 Å². The summed E-state index contributed by atoms with van der Waals surface area (Å²) >= 11 is 0. The normalized spacial score (nSPS) is 12.6. The van der Waals surface area contributed by atoms with Gasteiger partial charge in [-0.3, -0.25) is 9.59 Å². The van der Waals surface area contributed by atoms with Gasteiger partial charge in [-0.05, 0) is 17.2 Å². The van der Waals surface area contributed by atoms with Gasteiger partial charge in [0.05, 0.1) is 18.4 Å². The SMILES string of the molecule is CC(C)(C)C(=O)[C@@H](CC(=O)c1ccc(-c2ccccc2)cc1)c1ccoc1. The van der Waals surface area contributed by atoms with E-state index in [2.05, 4.69) is 0 Å². The lowest BCUT2D eigenvalue weighted by molar-refractivity contribution is -0.127. The van der Waals surface area contributed by atoms with Gasteiger partial charge >= 0.3 is 0 Å². The number of carbonyl (C=O) groups is 2. The Morgan fingerprint density at radius 2 is 1.52 bits per heavy atom. The van der Waals surface area contributed by atoms with Crippen LogP contribution in [0.4, 0.5) is 0 Å². The molecule has 3 aromatic rings. The van der Waals surface area contributed by atoms with Crippen LogP contribution in [-0.2, 0) is 4.79 Å². The summed E-state index contributed by atoms with van der Waals surface area (Å²) < 4.78 is 5.15. The molecular formula is C24H24O3. The van der Waals surface area contributed by atoms with Gasteiger partial charge in [0.25, 0.3) is 0 Å². The van der Waals surface area contributed by atoms with Gasteiger partial charge in [0.2, 0.25) is 0 Å². The van der Waals surface area contributed by atoms with Crippen molar-refractivity contribution in [2.75, 3.05) is 0 Å². The second-order valence-corrected chi connectivity index (χ2v) is 7.79. The largest absolute Gasteiger partial charge is 0.472 e. The third-order valence-corrected chi connectivity index (χ3v) is 4.70. The van der Waals surface area contributed by atoms with Crippen LogP contribution in [0.2, 0.25) is 0 Å². The van der Waals surface area contributed by atoms with Crippen LogP contribution in [0.3, 0.4) is 0 Å². The van der Waals surface area contributed by atoms with Crippen molar-refractivity contribution in [2.45, 2.75) is 33.1 Å². The first-order chi connectivity index (χ1) is 12.9. The molecule has 0 spiro atoms. The molecule has 1 heterocycles. The first kappa shape index (κ1) is 18.8. The molecule has 3 rings (SSSR count). The van der Waals surface area contributed by atoms with E-state index in [-0.39, 0.29) is 18.0 Å². The van der Waals surface area contributed by atoms with E-state index in [0.29, 0.717) is 5.56 Å². The molecule has 0 unspecified atom stereocenters. The molecular weight excluding hydrogens is 336 g/mol. The Morgan fingerprint density at radius 1 is 0.889 bits per heavy atom. The monoisotopic (exact) mass is 360 g/mol. The van der Waals surface area contributed by atoms with Crippen molar-refractivity contribution >= 4 is 11.6 Å². The van der Waals surface area contributed by atoms with Crippen LogP contribution in [0.25, 0.3) is 11.1 Å². The predicted octanol–water partition coefficient (Wildman–Crippen LogP) is 5.92. The Bertz CT molecular complexity index is 899. The molecule has 27 heavy (non-hydrogen) atoms. The highest BCUT2D eigenvalue weighted by atomic mass is 16.3. The molecule has 0 fully saturated rings. The minimum Gasteiger partial charge on any atom is -0.472 e. The summed E-state index contributed by atoms with van der Waals surface area (Å²) in [4.78, 5) is 25.7. The van der Waals surface area contributed by atoms with E-state index in [9.17, 15) is 9.59 Å². The van der Waals surface area contributed by atoms with Crippen LogP contribution in [0.15, 0.2) is 77.6 Å². The number of hydrogen-bond acceptors (Lipinski definition) is 3. The van der Waals surface area contributed by atoms with Crippen molar-refractivity contribution in [3.05, 3.63) is 84.3 Å². The molecule has 3 heteroatoms. The van der Waals surface area contributed by atoms with E-state index < -0.39 is 11.3 Å². The first-order valence-electron chi connectivity index (χ1n) is 9.11. The zero-order valence-corrected chi connectivity index (χ0v) is 15.9. The van der Waals surface area contributed by atoms with Crippen molar-refractivity contribution in [1.29, 1.82) is 0 Å². The maximum Gasteiger partial charge on any atom is 0.163 e. The van der Waals surface area contributed by atoms with Crippen molar-refractivity contribution in [1.82, 2.24) is 0 Å². The fraction of sp³-hybridized carbons (Fsp3) is 0.250. The molecule has 0 aliphatic carbocycles. The summed E-state index contributed by atoms with van der Waals surface area (Å²) in [7, 11) is 0. The van der Waals surface area contributed by atoms with E-state index in [1.165, 1.54) is 6.26 Å². The average Bonchev–Trinajstić information content (AvgIpc) is 3.20. The molecule has 0 aliphatic rings. The Hall–Kier alpha value is -2.94. The molecule has 3 nitrogen and oxygen atoms in total. The van der Waals surface area contributed by atoms with Gasteiger partial charge in [-0.2, -0.15) is 0 Å². The summed E-state index contributed by atoms with van der Waals surface area (Å²) in [5.74, 6) is -0.499. The minimum absolute atomic E-state index is 0.0400. The molecule has 0 amide bonds. The smallest absolute Gasteiger partial charge is 0.163 e. The lowest BCUT2D eigenvalue weighted by atomic mass is 9.78. The molecule has 0 radical (unpaired) electrons. The van der Waals surface area contributed by atoms with Gasteiger partial charge in [0.15, 0.2) is 5.78 Å². The van der Waals surface area contributed by atoms with Crippen LogP contribution in [0, 0.1) is 5.41 Å². The second kappa shape index (κ2) is 7.75. The summed E-state index contributed by atoms with van der Waals surface area (Å²) in [5.41, 5.74) is 3.01. The Balaban J connectivity index is 1.81. The van der Waals surface area contributed by atoms with Crippen LogP contribution in [0.1, 0.15) is 49.0 Å². The predicted molar refractivity (Wildman–Crippen MR) is 107 cm³/mol. The summed E-state index contributed by atoms with van der Waals surface area (Å²) in [5, 5.41) is 0. The number of rotatable bonds is 6. The maximum absolute atomic E-state index is 12.9. The molecule has 138 valence electrons. The standard InChI is InChI=1S/C24H24O3/c1-24(2,3)23(26)21(20-13-14-27-16-20)15-22(25)19-11-9-18(10-12-19)17-7-5-4-6-8-17/h4-14,16,21H,15H2,1-3H3/t21-/m0/s1. The third-order valence-electron chi connectivity index (χ3n) is 4.70. The van der Waals surface area contributed by atoms with Crippen molar-refractivity contribution in [2.24, 2.45) is 5.41 Å². The Morgan fingerprint density at radius 3 is 2.07 bits per heavy atom. The van der Waals surface area contributed by atoms with E-state index in [4.69, 9.17) is 4.42 Å². The topological polar surface area (TPSA) is 47.3 Å². The van der Waals surface area contributed by atoms with E-state index in [1.807, 2.05) is 75.4 Å². The minimum atomic E-state index is -0.528. The van der Waals surface area contributed by atoms with Crippen LogP contribution in [-0.4, -0.2) is 11.6 Å². The van der Waals surface area contributed by atoms with Crippen molar-refractivity contribution in [3.63, 3.8) is 0 Å². The maximum atomic E-state index is 12.9. The van der Waals surface area contributed by atoms with Gasteiger partial charge in [-0.1, -0.05) is 75.4 Å². The fourth-order valence-corrected chi connectivity index (χ4v) is 3.14. The lowest BCUT2D eigenvalue weighted by Crippen LogP contribution is -2.28. The summed E-state index contributed by atoms with van der Waals surface area (Å²) in [6.07, 6.45) is 3.23. The number of furan rings is 1. The zero-order chi connectivity index (χ0) is 19.4. The number of benzene rings is 2. The molecule has 0 bridgehead atoms. The molecule has 0 N–H and O–H groups in total. The molecule has 1 aromatic heterocycles. The van der Waals surface area contributed by atoms with Gasteiger partial charge in [0.1, 0.15) is 5.78 Å². The van der Waals surface area contributed by atoms with Gasteiger partial charge in [0, 0.05) is 23.0 Å². The molecule has 2 aromatic carbocycles. The van der Waals surface area contributed by atoms with Crippen molar-refractivity contribution < 1.29 is 14.0 Å². The third kappa shape index (κ3) is 4.43. The van der Waals surface area contributed by atoms with Crippen LogP contribution < -0.4 is 0 Å². The Labute approximate surface area is 160 Å². The number of Topliss-reactive ketones (excluding diaryl/α,β-unsaturated/α-hetero) is 2. The van der Waals surface area contributed by atoms with E-state index >= 15 is 0 Å². The summed E-state index contributed by atoms with van der Waals surface area (Å²) in [6.45, 7) is 5.63. The highest BCUT2D eigenvalue weighted by Gasteiger charge is 2.33. The average molecular weight is 360 g/mol. The number of hydrogen-bond donors (Lipinski definition) is 0. The van der Waals surface area contributed by atoms with Crippen LogP contribution in [0.5, 0.6) is 0 Å². The molecule has 0 saturated heterocycles. The van der Waals surface area contributed by atoms with Gasteiger partial charge in [-0.25, -0.2) is 0 Å². The molecule has 0 aliphatic heterocycles. The second-order valence-electron chi connectivity index (χ2n) is 7.79. The Kier molecular flexibility index (Phi) is 5.41. The fourth-order valence-electron chi connectivity index (χ4n) is 3.14. The van der Waals surface area contributed by atoms with Gasteiger partial charge in [-0.15, -0.1) is 0 Å². The molecule has 1 atom stereocenters. The van der Waals surface area contributed by atoms with Crippen LogP contribution >= 0.6 is 0 Å². The van der Waals surface area contributed by atoms with Crippen molar-refractivity contribution in [3.8, 4) is 11.1 Å². The lowest BCUT2D eigenvalue weighted by Gasteiger charge is -2.23. The quantitative estimate of drug-likeness (QED) is 0.513. The number of ketones is 2. The van der Waals surface area contributed by atoms with E-state index in [0.717, 1.165) is 16.7 Å². The summed E-state index contributed by atoms with van der Waals surface area (Å²) in [6, 6.07) is 19.3. The molecule has 0 saturated carbocycles. The highest BCUT2D eigenvalue weighted by Crippen LogP contribution is 2.31.